The molecule has 0 atom stereocenters. The van der Waals surface area contributed by atoms with E-state index in [0.717, 1.165) is 12.0 Å². The van der Waals surface area contributed by atoms with Gasteiger partial charge in [0.15, 0.2) is 0 Å². The maximum atomic E-state index is 8.00. The molecule has 0 saturated heterocycles. The van der Waals surface area contributed by atoms with Gasteiger partial charge in [-0.15, -0.1) is 19.1 Å². The molecular weight excluding hydrogens is 486 g/mol. The first kappa shape index (κ1) is 36.9. The number of aryl methyl sites for hydroxylation is 3. The second-order valence-corrected chi connectivity index (χ2v) is 4.92. The maximum Gasteiger partial charge on any atom is 0.106 e. The van der Waals surface area contributed by atoms with Crippen LogP contribution in [0, 0.1) is 13.8 Å². The molecule has 0 unspecified atom stereocenters. The fraction of sp³-hybridized carbons (Fsp3) is 0.308. The molecule has 1 heterocycles. The molecule has 0 aliphatic heterocycles. The molecule has 122 valence electrons. The van der Waals surface area contributed by atoms with Crippen molar-refractivity contribution in [3.8, 4) is 0 Å². The fourth-order valence-corrected chi connectivity index (χ4v) is 3.48. The van der Waals surface area contributed by atoms with E-state index in [1.165, 1.54) is 11.1 Å². The smallest absolute Gasteiger partial charge is 0.106 e. The minimum atomic E-state index is 0. The third-order valence-corrected chi connectivity index (χ3v) is 4.31. The Balaban J connectivity index is -0.0000000440. The summed E-state index contributed by atoms with van der Waals surface area (Å²) in [5.41, 5.74) is 2.88. The van der Waals surface area contributed by atoms with Gasteiger partial charge in [-0.2, -0.15) is 0 Å². The summed E-state index contributed by atoms with van der Waals surface area (Å²) in [6, 6.07) is 0. The fourth-order valence-electron chi connectivity index (χ4n) is 0.965. The van der Waals surface area contributed by atoms with Crippen LogP contribution in [0.2, 0.25) is 0 Å². The van der Waals surface area contributed by atoms with E-state index in [9.17, 15) is 0 Å². The summed E-state index contributed by atoms with van der Waals surface area (Å²) in [4.78, 5) is 40.0. The molecule has 0 spiro atoms. The molecule has 0 aliphatic carbocycles. The normalized spacial score (nSPS) is 5.86. The Morgan fingerprint density at radius 1 is 0.810 bits per heavy atom. The average Bonchev–Trinajstić information content (AvgIpc) is 2.88. The summed E-state index contributed by atoms with van der Waals surface area (Å²) in [5.74, 6) is 5.50. The Morgan fingerprint density at radius 2 is 1.05 bits per heavy atom. The van der Waals surface area contributed by atoms with Crippen molar-refractivity contribution in [2.75, 3.05) is 5.88 Å². The molecule has 5 nitrogen and oxygen atoms in total. The van der Waals surface area contributed by atoms with Crippen molar-refractivity contribution in [3.63, 3.8) is 0 Å². The van der Waals surface area contributed by atoms with Crippen LogP contribution in [0.5, 0.6) is 0 Å². The molecule has 0 amide bonds. The van der Waals surface area contributed by atoms with Gasteiger partial charge in [0, 0.05) is 26.9 Å². The van der Waals surface area contributed by atoms with Crippen LogP contribution in [0.4, 0.5) is 0 Å². The number of rotatable bonds is 2. The van der Waals surface area contributed by atoms with Crippen molar-refractivity contribution in [3.05, 3.63) is 22.7 Å². The molecule has 1 rings (SSSR count). The Hall–Kier alpha value is -0.892. The number of hydrogen-bond acceptors (Lipinski definition) is 5. The predicted molar refractivity (Wildman–Crippen MR) is 84.9 cm³/mol. The van der Waals surface area contributed by atoms with Gasteiger partial charge in [0.25, 0.3) is 0 Å². The first-order chi connectivity index (χ1) is 9.74. The van der Waals surface area contributed by atoms with E-state index in [1.54, 1.807) is 0 Å². The average molecular weight is 509 g/mol. The summed E-state index contributed by atoms with van der Waals surface area (Å²) < 4.78 is 0. The number of halogens is 1. The maximum absolute atomic E-state index is 8.00. The van der Waals surface area contributed by atoms with Gasteiger partial charge in [-0.05, 0) is 42.7 Å². The van der Waals surface area contributed by atoms with Crippen molar-refractivity contribution in [1.29, 1.82) is 0 Å². The Bertz CT molecular complexity index is 269. The van der Waals surface area contributed by atoms with Crippen LogP contribution in [-0.4, -0.2) is 39.8 Å². The molecule has 0 aliphatic rings. The summed E-state index contributed by atoms with van der Waals surface area (Å²) in [7, 11) is 0.0201. The van der Waals surface area contributed by atoms with E-state index >= 15 is 0 Å². The molecule has 0 radical (unpaired) electrons. The standard InChI is InChI=1S/C8H12ClP.5CH2O.W/c1-7-5-10(4-3-9)6-8(7)2;5*1-2;/h5-6H,3-4H2,1-2H3;5*1H2;. The van der Waals surface area contributed by atoms with Crippen molar-refractivity contribution >= 4 is 53.1 Å². The zero-order valence-corrected chi connectivity index (χ0v) is 17.0. The summed E-state index contributed by atoms with van der Waals surface area (Å²) in [6.07, 6.45) is 1.14. The molecule has 0 fully saturated rings. The number of alkyl halides is 1. The number of carbonyl (C=O) groups is 5. The van der Waals surface area contributed by atoms with Gasteiger partial charge < -0.3 is 24.0 Å². The van der Waals surface area contributed by atoms with Gasteiger partial charge in [-0.3, -0.25) is 0 Å². The van der Waals surface area contributed by atoms with E-state index in [2.05, 4.69) is 25.4 Å². The molecule has 0 bridgehead atoms. The second-order valence-electron chi connectivity index (χ2n) is 2.55. The van der Waals surface area contributed by atoms with Gasteiger partial charge in [-0.1, -0.05) is 0 Å². The van der Waals surface area contributed by atoms with E-state index in [-0.39, 0.29) is 28.6 Å². The molecule has 21 heavy (non-hydrogen) atoms. The first-order valence-corrected chi connectivity index (χ1v) is 7.07. The summed E-state index contributed by atoms with van der Waals surface area (Å²) in [5, 5.41) is 0. The summed E-state index contributed by atoms with van der Waals surface area (Å²) in [6.45, 7) is 14.3. The van der Waals surface area contributed by atoms with Gasteiger partial charge in [0.1, 0.15) is 33.9 Å². The molecule has 8 heteroatoms. The van der Waals surface area contributed by atoms with Crippen LogP contribution in [0.3, 0.4) is 0 Å². The van der Waals surface area contributed by atoms with E-state index in [1.807, 2.05) is 33.9 Å². The largest absolute Gasteiger partial charge is 0.307 e. The van der Waals surface area contributed by atoms with Crippen LogP contribution in [0.15, 0.2) is 11.6 Å². The quantitative estimate of drug-likeness (QED) is 0.574. The topological polar surface area (TPSA) is 85.3 Å². The van der Waals surface area contributed by atoms with Crippen LogP contribution in [0.25, 0.3) is 0 Å². The third-order valence-electron chi connectivity index (χ3n) is 1.68. The Kier molecular flexibility index (Phi) is 75.1. The molecule has 0 saturated carbocycles. The minimum absolute atomic E-state index is 0. The van der Waals surface area contributed by atoms with Crippen LogP contribution in [-0.2, 0) is 51.2 Å². The summed E-state index contributed by atoms with van der Waals surface area (Å²) >= 11 is 5.63. The Morgan fingerprint density at radius 3 is 1.24 bits per heavy atom. The first-order valence-electron chi connectivity index (χ1n) is 4.87. The van der Waals surface area contributed by atoms with E-state index < -0.39 is 0 Å². The second kappa shape index (κ2) is 42.7. The van der Waals surface area contributed by atoms with Crippen LogP contribution >= 0.6 is 19.1 Å². The van der Waals surface area contributed by atoms with Crippen molar-refractivity contribution in [2.45, 2.75) is 20.0 Å². The van der Waals surface area contributed by atoms with Crippen molar-refractivity contribution in [1.82, 2.24) is 0 Å². The molecule has 1 aromatic heterocycles. The van der Waals surface area contributed by atoms with Crippen molar-refractivity contribution < 1.29 is 45.0 Å². The molecule has 0 N–H and O–H groups in total. The van der Waals surface area contributed by atoms with Gasteiger partial charge in [0.2, 0.25) is 0 Å². The SMILES string of the molecule is C=O.C=O.C=O.C=O.C=O.Cc1cp(CCCl)cc1C.[W]. The van der Waals surface area contributed by atoms with E-state index in [0.29, 0.717) is 0 Å². The monoisotopic (exact) mass is 508 g/mol. The zero-order valence-electron chi connectivity index (χ0n) is 12.4. The Labute approximate surface area is 146 Å². The number of hydrogen-bond donors (Lipinski definition) is 0. The minimum Gasteiger partial charge on any atom is -0.307 e. The molecule has 1 aromatic rings. The van der Waals surface area contributed by atoms with E-state index in [4.69, 9.17) is 35.6 Å². The number of carbonyl (C=O) groups excluding carboxylic acids is 5. The van der Waals surface area contributed by atoms with Crippen LogP contribution in [0.1, 0.15) is 11.1 Å². The van der Waals surface area contributed by atoms with Crippen molar-refractivity contribution in [2.24, 2.45) is 0 Å². The third kappa shape index (κ3) is 28.1. The molecular formula is C13H22ClO5PW. The van der Waals surface area contributed by atoms with Gasteiger partial charge in [0.05, 0.1) is 0 Å². The van der Waals surface area contributed by atoms with Gasteiger partial charge in [-0.25, -0.2) is 0 Å². The van der Waals surface area contributed by atoms with Crippen LogP contribution < -0.4 is 0 Å². The van der Waals surface area contributed by atoms with Gasteiger partial charge >= 0.3 is 0 Å². The predicted octanol–water partition coefficient (Wildman–Crippen LogP) is 2.60. The zero-order chi connectivity index (χ0) is 17.6. The molecule has 0 aromatic carbocycles.